The molecule has 1 aromatic rings. The van der Waals surface area contributed by atoms with Crippen LogP contribution in [0.5, 0.6) is 0 Å². The Kier molecular flexibility index (Phi) is 6.02. The van der Waals surface area contributed by atoms with Crippen LogP contribution in [0.3, 0.4) is 0 Å². The molecule has 2 aliphatic rings. The zero-order valence-corrected chi connectivity index (χ0v) is 15.7. The number of hydrogen-bond donors (Lipinski definition) is 0. The summed E-state index contributed by atoms with van der Waals surface area (Å²) < 4.78 is 33.6. The smallest absolute Gasteiger partial charge is 0.282 e. The number of ether oxygens (including phenoxy) is 1. The largest absolute Gasteiger partial charge is 0.379 e. The third-order valence-corrected chi connectivity index (χ3v) is 7.14. The van der Waals surface area contributed by atoms with Crippen molar-refractivity contribution in [2.75, 3.05) is 52.5 Å². The van der Waals surface area contributed by atoms with E-state index >= 15 is 0 Å². The second kappa shape index (κ2) is 7.86. The molecule has 0 saturated carbocycles. The summed E-state index contributed by atoms with van der Waals surface area (Å²) in [7, 11) is -3.39. The van der Waals surface area contributed by atoms with Crippen LogP contribution >= 0.6 is 23.2 Å². The average molecular weight is 394 g/mol. The molecule has 2 saturated heterocycles. The van der Waals surface area contributed by atoms with Crippen LogP contribution in [0.15, 0.2) is 18.2 Å². The van der Waals surface area contributed by atoms with Crippen molar-refractivity contribution in [3.63, 3.8) is 0 Å². The van der Waals surface area contributed by atoms with E-state index in [0.717, 1.165) is 5.56 Å². The van der Waals surface area contributed by atoms with Crippen molar-refractivity contribution in [3.05, 3.63) is 33.8 Å². The Morgan fingerprint density at radius 3 is 2.04 bits per heavy atom. The van der Waals surface area contributed by atoms with Gasteiger partial charge in [-0.1, -0.05) is 29.3 Å². The summed E-state index contributed by atoms with van der Waals surface area (Å²) in [6.07, 6.45) is 0. The second-order valence-corrected chi connectivity index (χ2v) is 8.64. The maximum atomic E-state index is 12.6. The Morgan fingerprint density at radius 1 is 0.917 bits per heavy atom. The van der Waals surface area contributed by atoms with Gasteiger partial charge in [-0.2, -0.15) is 17.0 Å². The maximum absolute atomic E-state index is 12.6. The summed E-state index contributed by atoms with van der Waals surface area (Å²) in [5.41, 5.74) is 0.894. The van der Waals surface area contributed by atoms with Gasteiger partial charge in [0.05, 0.1) is 13.2 Å². The van der Waals surface area contributed by atoms with Crippen molar-refractivity contribution < 1.29 is 13.2 Å². The van der Waals surface area contributed by atoms with Crippen LogP contribution in [-0.2, 0) is 21.5 Å². The van der Waals surface area contributed by atoms with E-state index in [2.05, 4.69) is 4.90 Å². The van der Waals surface area contributed by atoms with Crippen molar-refractivity contribution in [3.8, 4) is 0 Å². The third-order valence-electron chi connectivity index (χ3n) is 4.40. The van der Waals surface area contributed by atoms with Crippen LogP contribution in [0, 0.1) is 0 Å². The van der Waals surface area contributed by atoms with Gasteiger partial charge >= 0.3 is 0 Å². The Hall–Kier alpha value is -0.410. The molecule has 0 spiro atoms. The van der Waals surface area contributed by atoms with Crippen molar-refractivity contribution in [2.24, 2.45) is 0 Å². The summed E-state index contributed by atoms with van der Waals surface area (Å²) in [5, 5.41) is 1.29. The van der Waals surface area contributed by atoms with Gasteiger partial charge in [-0.05, 0) is 12.1 Å². The van der Waals surface area contributed by atoms with E-state index in [1.807, 2.05) is 18.2 Å². The molecule has 0 aliphatic carbocycles. The van der Waals surface area contributed by atoms with E-state index < -0.39 is 10.2 Å². The minimum Gasteiger partial charge on any atom is -0.379 e. The summed E-state index contributed by atoms with van der Waals surface area (Å²) >= 11 is 12.4. The number of rotatable bonds is 4. The minimum absolute atomic E-state index is 0.428. The first-order chi connectivity index (χ1) is 11.5. The summed E-state index contributed by atoms with van der Waals surface area (Å²) in [5.74, 6) is 0. The lowest BCUT2D eigenvalue weighted by molar-refractivity contribution is 0.0684. The quantitative estimate of drug-likeness (QED) is 0.780. The van der Waals surface area contributed by atoms with Crippen molar-refractivity contribution in [2.45, 2.75) is 6.54 Å². The van der Waals surface area contributed by atoms with Crippen molar-refractivity contribution >= 4 is 33.4 Å². The van der Waals surface area contributed by atoms with E-state index in [0.29, 0.717) is 69.1 Å². The van der Waals surface area contributed by atoms with E-state index in [-0.39, 0.29) is 0 Å². The molecule has 0 amide bonds. The predicted molar refractivity (Wildman–Crippen MR) is 94.6 cm³/mol. The molecule has 0 atom stereocenters. The predicted octanol–water partition coefficient (Wildman–Crippen LogP) is 1.69. The molecule has 6 nitrogen and oxygen atoms in total. The Labute approximate surface area is 153 Å². The standard InChI is InChI=1S/C15H21Cl2N3O3S/c16-14-2-1-3-15(17)13(14)12-18-4-6-19(7-5-18)24(21,22)20-8-10-23-11-9-20/h1-3H,4-12H2. The van der Waals surface area contributed by atoms with Gasteiger partial charge in [-0.15, -0.1) is 0 Å². The van der Waals surface area contributed by atoms with E-state index in [1.54, 1.807) is 4.31 Å². The van der Waals surface area contributed by atoms with Crippen LogP contribution in [0.1, 0.15) is 5.56 Å². The molecule has 134 valence electrons. The first kappa shape index (κ1) is 18.4. The number of halogens is 2. The number of piperazine rings is 1. The van der Waals surface area contributed by atoms with Gasteiger partial charge in [-0.25, -0.2) is 0 Å². The zero-order valence-electron chi connectivity index (χ0n) is 13.3. The van der Waals surface area contributed by atoms with Gasteiger partial charge in [0, 0.05) is 61.4 Å². The maximum Gasteiger partial charge on any atom is 0.282 e. The number of hydrogen-bond acceptors (Lipinski definition) is 4. The molecular weight excluding hydrogens is 373 g/mol. The molecular formula is C15H21Cl2N3O3S. The SMILES string of the molecule is O=S(=O)(N1CCOCC1)N1CCN(Cc2c(Cl)cccc2Cl)CC1. The van der Waals surface area contributed by atoms with Crippen LogP contribution in [0.25, 0.3) is 0 Å². The molecule has 2 heterocycles. The van der Waals surface area contributed by atoms with Crippen LogP contribution < -0.4 is 0 Å². The molecule has 0 unspecified atom stereocenters. The lowest BCUT2D eigenvalue weighted by atomic mass is 10.2. The summed E-state index contributed by atoms with van der Waals surface area (Å²) in [4.78, 5) is 2.18. The van der Waals surface area contributed by atoms with Gasteiger partial charge in [0.25, 0.3) is 10.2 Å². The van der Waals surface area contributed by atoms with Crippen LogP contribution in [0.4, 0.5) is 0 Å². The van der Waals surface area contributed by atoms with E-state index in [1.165, 1.54) is 4.31 Å². The molecule has 9 heteroatoms. The van der Waals surface area contributed by atoms with E-state index in [4.69, 9.17) is 27.9 Å². The average Bonchev–Trinajstić information content (AvgIpc) is 2.59. The first-order valence-electron chi connectivity index (χ1n) is 7.96. The molecule has 3 rings (SSSR count). The fraction of sp³-hybridized carbons (Fsp3) is 0.600. The highest BCUT2D eigenvalue weighted by Gasteiger charge is 2.33. The topological polar surface area (TPSA) is 53.1 Å². The Bertz CT molecular complexity index is 652. The summed E-state index contributed by atoms with van der Waals surface area (Å²) in [6, 6.07) is 5.46. The molecule has 0 N–H and O–H groups in total. The van der Waals surface area contributed by atoms with Gasteiger partial charge in [0.1, 0.15) is 0 Å². The van der Waals surface area contributed by atoms with Crippen molar-refractivity contribution in [1.82, 2.24) is 13.5 Å². The molecule has 24 heavy (non-hydrogen) atoms. The monoisotopic (exact) mass is 393 g/mol. The fourth-order valence-corrected chi connectivity index (χ4v) is 5.04. The van der Waals surface area contributed by atoms with Gasteiger partial charge in [0.2, 0.25) is 0 Å². The molecule has 2 aliphatic heterocycles. The third kappa shape index (κ3) is 4.04. The lowest BCUT2D eigenvalue weighted by Gasteiger charge is -2.37. The van der Waals surface area contributed by atoms with Gasteiger partial charge in [-0.3, -0.25) is 4.90 Å². The molecule has 2 fully saturated rings. The van der Waals surface area contributed by atoms with E-state index in [9.17, 15) is 8.42 Å². The molecule has 1 aromatic carbocycles. The Morgan fingerprint density at radius 2 is 1.46 bits per heavy atom. The number of nitrogens with zero attached hydrogens (tertiary/aromatic N) is 3. The van der Waals surface area contributed by atoms with Gasteiger partial charge < -0.3 is 4.74 Å². The molecule has 0 radical (unpaired) electrons. The first-order valence-corrected chi connectivity index (χ1v) is 10.1. The highest BCUT2D eigenvalue weighted by molar-refractivity contribution is 7.86. The fourth-order valence-electron chi connectivity index (χ4n) is 2.97. The number of benzene rings is 1. The molecule has 0 aromatic heterocycles. The second-order valence-electron chi connectivity index (χ2n) is 5.89. The van der Waals surface area contributed by atoms with Gasteiger partial charge in [0.15, 0.2) is 0 Å². The highest BCUT2D eigenvalue weighted by atomic mass is 35.5. The van der Waals surface area contributed by atoms with Crippen molar-refractivity contribution in [1.29, 1.82) is 0 Å². The lowest BCUT2D eigenvalue weighted by Crippen LogP contribution is -2.54. The number of morpholine rings is 1. The summed E-state index contributed by atoms with van der Waals surface area (Å²) in [6.45, 7) is 4.67. The minimum atomic E-state index is -3.39. The molecule has 0 bridgehead atoms. The van der Waals surface area contributed by atoms with Crippen LogP contribution in [0.2, 0.25) is 10.0 Å². The Balaban J connectivity index is 1.59. The normalized spacial score (nSPS) is 21.9. The van der Waals surface area contributed by atoms with Crippen LogP contribution in [-0.4, -0.2) is 74.4 Å². The zero-order chi connectivity index (χ0) is 17.2. The highest BCUT2D eigenvalue weighted by Crippen LogP contribution is 2.26.